The van der Waals surface area contributed by atoms with Crippen molar-refractivity contribution in [1.29, 1.82) is 0 Å². The zero-order valence-electron chi connectivity index (χ0n) is 13.7. The lowest BCUT2D eigenvalue weighted by Gasteiger charge is -2.23. The Labute approximate surface area is 132 Å². The van der Waals surface area contributed by atoms with E-state index in [1.807, 2.05) is 30.0 Å². The summed E-state index contributed by atoms with van der Waals surface area (Å²) in [6.45, 7) is 4.75. The Balaban J connectivity index is 2.04. The van der Waals surface area contributed by atoms with Crippen LogP contribution in [0, 0.1) is 5.92 Å². The number of hydrogen-bond donors (Lipinski definition) is 1. The first-order chi connectivity index (χ1) is 10.7. The Hall–Kier alpha value is -1.75. The van der Waals surface area contributed by atoms with E-state index >= 15 is 0 Å². The van der Waals surface area contributed by atoms with Crippen LogP contribution in [0.15, 0.2) is 18.2 Å². The zero-order chi connectivity index (χ0) is 15.9. The minimum absolute atomic E-state index is 0.168. The van der Waals surface area contributed by atoms with Crippen LogP contribution in [0.1, 0.15) is 26.2 Å². The molecular formula is C17H26N2O3. The quantitative estimate of drug-likeness (QED) is 0.840. The monoisotopic (exact) mass is 306 g/mol. The summed E-state index contributed by atoms with van der Waals surface area (Å²) in [7, 11) is 3.21. The Kier molecular flexibility index (Phi) is 6.07. The summed E-state index contributed by atoms with van der Waals surface area (Å²) in [4.78, 5) is 14.3. The van der Waals surface area contributed by atoms with Crippen molar-refractivity contribution in [3.63, 3.8) is 0 Å². The lowest BCUT2D eigenvalue weighted by Crippen LogP contribution is -2.31. The van der Waals surface area contributed by atoms with Crippen molar-refractivity contribution in [2.24, 2.45) is 5.92 Å². The summed E-state index contributed by atoms with van der Waals surface area (Å²) in [5.41, 5.74) is 0.856. The number of rotatable bonds is 7. The fraction of sp³-hybridized carbons (Fsp3) is 0.588. The molecule has 1 heterocycles. The summed E-state index contributed by atoms with van der Waals surface area (Å²) in [6, 6.07) is 5.60. The van der Waals surface area contributed by atoms with Gasteiger partial charge in [-0.2, -0.15) is 0 Å². The Morgan fingerprint density at radius 1 is 1.32 bits per heavy atom. The molecule has 1 aliphatic heterocycles. The topological polar surface area (TPSA) is 50.8 Å². The van der Waals surface area contributed by atoms with Crippen molar-refractivity contribution in [2.75, 3.05) is 38.8 Å². The molecule has 22 heavy (non-hydrogen) atoms. The summed E-state index contributed by atoms with van der Waals surface area (Å²) >= 11 is 0. The fourth-order valence-corrected chi connectivity index (χ4v) is 2.92. The maximum Gasteiger partial charge on any atom is 0.226 e. The molecule has 0 radical (unpaired) electrons. The number of ether oxygens (including phenoxy) is 2. The fourth-order valence-electron chi connectivity index (χ4n) is 2.92. The number of benzene rings is 1. The third-order valence-electron chi connectivity index (χ3n) is 4.22. The average molecular weight is 306 g/mol. The smallest absolute Gasteiger partial charge is 0.226 e. The second-order valence-electron chi connectivity index (χ2n) is 5.57. The van der Waals surface area contributed by atoms with Crippen molar-refractivity contribution >= 4 is 11.6 Å². The van der Waals surface area contributed by atoms with Gasteiger partial charge in [-0.05, 0) is 50.9 Å². The van der Waals surface area contributed by atoms with Crippen LogP contribution in [0.5, 0.6) is 11.5 Å². The van der Waals surface area contributed by atoms with Crippen LogP contribution >= 0.6 is 0 Å². The van der Waals surface area contributed by atoms with E-state index in [1.54, 1.807) is 14.2 Å². The maximum absolute atomic E-state index is 12.5. The standard InChI is InChI=1S/C17H26N2O3/c1-4-19(17(20)8-5-13-9-10-18-12-13)14-6-7-15(21-2)16(11-14)22-3/h6-7,11,13,18H,4-5,8-10,12H2,1-3H3. The molecule has 0 spiro atoms. The minimum Gasteiger partial charge on any atom is -0.493 e. The van der Waals surface area contributed by atoms with Crippen molar-refractivity contribution in [2.45, 2.75) is 26.2 Å². The largest absolute Gasteiger partial charge is 0.493 e. The first-order valence-electron chi connectivity index (χ1n) is 7.92. The van der Waals surface area contributed by atoms with Gasteiger partial charge in [0.15, 0.2) is 11.5 Å². The highest BCUT2D eigenvalue weighted by atomic mass is 16.5. The normalized spacial score (nSPS) is 17.3. The summed E-state index contributed by atoms with van der Waals surface area (Å²) in [5.74, 6) is 2.12. The molecule has 1 N–H and O–H groups in total. The van der Waals surface area contributed by atoms with E-state index in [0.29, 0.717) is 30.4 Å². The van der Waals surface area contributed by atoms with Crippen LogP contribution in [-0.4, -0.2) is 39.8 Å². The number of methoxy groups -OCH3 is 2. The zero-order valence-corrected chi connectivity index (χ0v) is 13.7. The highest BCUT2D eigenvalue weighted by Crippen LogP contribution is 2.32. The van der Waals surface area contributed by atoms with E-state index in [1.165, 1.54) is 6.42 Å². The molecule has 122 valence electrons. The first kappa shape index (κ1) is 16.6. The van der Waals surface area contributed by atoms with Gasteiger partial charge in [0.1, 0.15) is 0 Å². The van der Waals surface area contributed by atoms with Crippen molar-refractivity contribution in [3.05, 3.63) is 18.2 Å². The van der Waals surface area contributed by atoms with Gasteiger partial charge in [0.25, 0.3) is 0 Å². The summed E-state index contributed by atoms with van der Waals surface area (Å²) in [6.07, 6.45) is 2.72. The van der Waals surface area contributed by atoms with Gasteiger partial charge >= 0.3 is 0 Å². The molecule has 1 unspecified atom stereocenters. The Morgan fingerprint density at radius 2 is 2.09 bits per heavy atom. The van der Waals surface area contributed by atoms with E-state index in [0.717, 1.165) is 25.2 Å². The molecule has 0 aliphatic carbocycles. The molecule has 1 aromatic rings. The molecule has 5 nitrogen and oxygen atoms in total. The molecular weight excluding hydrogens is 280 g/mol. The van der Waals surface area contributed by atoms with Gasteiger partial charge in [0.2, 0.25) is 5.91 Å². The number of carbonyl (C=O) groups excluding carboxylic acids is 1. The van der Waals surface area contributed by atoms with Gasteiger partial charge < -0.3 is 19.7 Å². The Morgan fingerprint density at radius 3 is 2.68 bits per heavy atom. The number of carbonyl (C=O) groups is 1. The number of hydrogen-bond acceptors (Lipinski definition) is 4. The molecule has 0 saturated carbocycles. The van der Waals surface area contributed by atoms with Crippen molar-refractivity contribution in [3.8, 4) is 11.5 Å². The average Bonchev–Trinajstić information content (AvgIpc) is 3.06. The van der Waals surface area contributed by atoms with Crippen LogP contribution in [0.3, 0.4) is 0 Å². The van der Waals surface area contributed by atoms with Crippen LogP contribution in [0.4, 0.5) is 5.69 Å². The number of nitrogens with one attached hydrogen (secondary N) is 1. The van der Waals surface area contributed by atoms with Gasteiger partial charge in [-0.25, -0.2) is 0 Å². The third-order valence-corrected chi connectivity index (χ3v) is 4.22. The van der Waals surface area contributed by atoms with Gasteiger partial charge in [-0.3, -0.25) is 4.79 Å². The molecule has 1 aromatic carbocycles. The molecule has 1 saturated heterocycles. The van der Waals surface area contributed by atoms with Gasteiger partial charge in [0.05, 0.1) is 14.2 Å². The number of nitrogens with zero attached hydrogens (tertiary/aromatic N) is 1. The summed E-state index contributed by atoms with van der Waals surface area (Å²) < 4.78 is 10.6. The summed E-state index contributed by atoms with van der Waals surface area (Å²) in [5, 5.41) is 3.34. The molecule has 2 rings (SSSR count). The van der Waals surface area contributed by atoms with Crippen molar-refractivity contribution < 1.29 is 14.3 Å². The lowest BCUT2D eigenvalue weighted by atomic mass is 10.0. The first-order valence-corrected chi connectivity index (χ1v) is 7.92. The molecule has 1 amide bonds. The van der Waals surface area contributed by atoms with E-state index < -0.39 is 0 Å². The molecule has 1 fully saturated rings. The van der Waals surface area contributed by atoms with Crippen LogP contribution in [0.2, 0.25) is 0 Å². The van der Waals surface area contributed by atoms with E-state index in [-0.39, 0.29) is 5.91 Å². The number of anilines is 1. The highest BCUT2D eigenvalue weighted by Gasteiger charge is 2.20. The molecule has 1 atom stereocenters. The third kappa shape index (κ3) is 3.91. The van der Waals surface area contributed by atoms with E-state index in [4.69, 9.17) is 9.47 Å². The van der Waals surface area contributed by atoms with Crippen LogP contribution in [-0.2, 0) is 4.79 Å². The molecule has 0 aromatic heterocycles. The predicted octanol–water partition coefficient (Wildman–Crippen LogP) is 2.45. The van der Waals surface area contributed by atoms with Gasteiger partial charge in [0, 0.05) is 24.7 Å². The van der Waals surface area contributed by atoms with E-state index in [9.17, 15) is 4.79 Å². The second-order valence-corrected chi connectivity index (χ2v) is 5.57. The minimum atomic E-state index is 0.168. The van der Waals surface area contributed by atoms with Crippen LogP contribution < -0.4 is 19.7 Å². The van der Waals surface area contributed by atoms with Crippen LogP contribution in [0.25, 0.3) is 0 Å². The SMILES string of the molecule is CCN(C(=O)CCC1CCNC1)c1ccc(OC)c(OC)c1. The highest BCUT2D eigenvalue weighted by molar-refractivity contribution is 5.93. The van der Waals surface area contributed by atoms with Crippen molar-refractivity contribution in [1.82, 2.24) is 5.32 Å². The van der Waals surface area contributed by atoms with E-state index in [2.05, 4.69) is 5.32 Å². The Bertz CT molecular complexity index is 499. The second kappa shape index (κ2) is 8.03. The molecule has 1 aliphatic rings. The predicted molar refractivity (Wildman–Crippen MR) is 87.8 cm³/mol. The van der Waals surface area contributed by atoms with Gasteiger partial charge in [-0.15, -0.1) is 0 Å². The molecule has 5 heteroatoms. The maximum atomic E-state index is 12.5. The molecule has 0 bridgehead atoms. The van der Waals surface area contributed by atoms with Gasteiger partial charge in [-0.1, -0.05) is 0 Å². The number of amides is 1. The lowest BCUT2D eigenvalue weighted by molar-refractivity contribution is -0.118.